The first-order valence-electron chi connectivity index (χ1n) is 7.12. The molecule has 2 rings (SSSR count). The zero-order valence-corrected chi connectivity index (χ0v) is 12.7. The number of amides is 1. The second-order valence-corrected chi connectivity index (χ2v) is 5.21. The summed E-state index contributed by atoms with van der Waals surface area (Å²) in [5.41, 5.74) is 2.46. The van der Waals surface area contributed by atoms with Crippen molar-refractivity contribution in [2.75, 3.05) is 11.9 Å². The highest BCUT2D eigenvalue weighted by atomic mass is 16.5. The van der Waals surface area contributed by atoms with E-state index in [0.717, 1.165) is 11.3 Å². The van der Waals surface area contributed by atoms with Gasteiger partial charge >= 0.3 is 0 Å². The van der Waals surface area contributed by atoms with Gasteiger partial charge in [0.2, 0.25) is 0 Å². The molecule has 1 N–H and O–H groups in total. The highest BCUT2D eigenvalue weighted by Crippen LogP contribution is 2.23. The number of carbonyl (C=O) groups is 1. The maximum absolute atomic E-state index is 12.0. The Morgan fingerprint density at radius 2 is 1.86 bits per heavy atom. The number of hydrogen-bond acceptors (Lipinski definition) is 3. The number of nitrogens with zero attached hydrogens (tertiary/aromatic N) is 1. The van der Waals surface area contributed by atoms with Crippen molar-refractivity contribution in [1.82, 2.24) is 0 Å². The number of para-hydroxylation sites is 1. The normalized spacial score (nSPS) is 10.1. The Kier molecular flexibility index (Phi) is 5.16. The highest BCUT2D eigenvalue weighted by molar-refractivity contribution is 5.92. The fraction of sp³-hybridized carbons (Fsp3) is 0.222. The van der Waals surface area contributed by atoms with Crippen LogP contribution in [0.5, 0.6) is 5.75 Å². The minimum Gasteiger partial charge on any atom is -0.484 e. The molecule has 0 saturated carbocycles. The van der Waals surface area contributed by atoms with Crippen molar-refractivity contribution in [2.45, 2.75) is 19.8 Å². The number of nitrogens with one attached hydrogen (secondary N) is 1. The Balaban J connectivity index is 1.94. The van der Waals surface area contributed by atoms with Crippen LogP contribution in [0.3, 0.4) is 0 Å². The zero-order chi connectivity index (χ0) is 15.9. The van der Waals surface area contributed by atoms with Crippen LogP contribution >= 0.6 is 0 Å². The summed E-state index contributed by atoms with van der Waals surface area (Å²) < 4.78 is 5.42. The van der Waals surface area contributed by atoms with Crippen LogP contribution < -0.4 is 10.1 Å². The lowest BCUT2D eigenvalue weighted by Gasteiger charge is -2.14. The molecular weight excluding hydrogens is 276 g/mol. The summed E-state index contributed by atoms with van der Waals surface area (Å²) in [4.78, 5) is 12.0. The van der Waals surface area contributed by atoms with Gasteiger partial charge in [-0.2, -0.15) is 5.26 Å². The van der Waals surface area contributed by atoms with Crippen molar-refractivity contribution < 1.29 is 9.53 Å². The molecule has 2 aromatic carbocycles. The summed E-state index contributed by atoms with van der Waals surface area (Å²) in [6, 6.07) is 16.4. The van der Waals surface area contributed by atoms with Gasteiger partial charge in [-0.3, -0.25) is 4.79 Å². The minimum atomic E-state index is -0.211. The molecule has 0 fully saturated rings. The molecular formula is C18H18N2O2. The van der Waals surface area contributed by atoms with E-state index in [1.165, 1.54) is 0 Å². The van der Waals surface area contributed by atoms with E-state index >= 15 is 0 Å². The largest absolute Gasteiger partial charge is 0.484 e. The average molecular weight is 294 g/mol. The van der Waals surface area contributed by atoms with Crippen LogP contribution in [0.1, 0.15) is 30.9 Å². The van der Waals surface area contributed by atoms with E-state index < -0.39 is 0 Å². The molecule has 112 valence electrons. The van der Waals surface area contributed by atoms with Crippen molar-refractivity contribution in [2.24, 2.45) is 0 Å². The van der Waals surface area contributed by atoms with Gasteiger partial charge in [-0.1, -0.05) is 32.0 Å². The molecule has 0 unspecified atom stereocenters. The number of nitriles is 1. The van der Waals surface area contributed by atoms with E-state index in [9.17, 15) is 4.79 Å². The Morgan fingerprint density at radius 3 is 2.50 bits per heavy atom. The summed E-state index contributed by atoms with van der Waals surface area (Å²) in [7, 11) is 0. The van der Waals surface area contributed by atoms with Gasteiger partial charge in [-0.15, -0.1) is 0 Å². The molecule has 22 heavy (non-hydrogen) atoms. The predicted molar refractivity (Wildman–Crippen MR) is 85.8 cm³/mol. The first kappa shape index (κ1) is 15.6. The smallest absolute Gasteiger partial charge is 0.262 e. The van der Waals surface area contributed by atoms with Gasteiger partial charge in [0, 0.05) is 5.69 Å². The number of benzene rings is 2. The summed E-state index contributed by atoms with van der Waals surface area (Å²) in [6.07, 6.45) is 0. The third-order valence-electron chi connectivity index (χ3n) is 3.21. The van der Waals surface area contributed by atoms with E-state index in [1.54, 1.807) is 24.3 Å². The van der Waals surface area contributed by atoms with Gasteiger partial charge in [0.15, 0.2) is 6.61 Å². The van der Waals surface area contributed by atoms with Crippen molar-refractivity contribution in [3.8, 4) is 11.8 Å². The van der Waals surface area contributed by atoms with Gasteiger partial charge in [0.25, 0.3) is 5.91 Å². The molecule has 0 heterocycles. The van der Waals surface area contributed by atoms with Crippen LogP contribution in [0.25, 0.3) is 0 Å². The first-order valence-corrected chi connectivity index (χ1v) is 7.12. The lowest BCUT2D eigenvalue weighted by atomic mass is 10.0. The number of rotatable bonds is 5. The molecule has 0 saturated heterocycles. The van der Waals surface area contributed by atoms with Gasteiger partial charge in [-0.05, 0) is 41.8 Å². The van der Waals surface area contributed by atoms with Gasteiger partial charge in [-0.25, -0.2) is 0 Å². The summed E-state index contributed by atoms with van der Waals surface area (Å²) in [5, 5.41) is 11.6. The molecule has 0 bridgehead atoms. The van der Waals surface area contributed by atoms with Gasteiger partial charge in [0.05, 0.1) is 11.6 Å². The standard InChI is InChI=1S/C18H18N2O2/c1-13(2)16-5-3-4-6-17(16)20-18(21)12-22-15-9-7-14(11-19)8-10-15/h3-10,13H,12H2,1-2H3,(H,20,21). The van der Waals surface area contributed by atoms with Crippen molar-refractivity contribution in [3.63, 3.8) is 0 Å². The Labute approximate surface area is 130 Å². The number of ether oxygens (including phenoxy) is 1. The number of hydrogen-bond donors (Lipinski definition) is 1. The summed E-state index contributed by atoms with van der Waals surface area (Å²) >= 11 is 0. The quantitative estimate of drug-likeness (QED) is 0.914. The Bertz CT molecular complexity index is 685. The van der Waals surface area contributed by atoms with Gasteiger partial charge < -0.3 is 10.1 Å². The Morgan fingerprint density at radius 1 is 1.18 bits per heavy atom. The topological polar surface area (TPSA) is 62.1 Å². The predicted octanol–water partition coefficient (Wildman–Crippen LogP) is 3.70. The van der Waals surface area contributed by atoms with E-state index in [-0.39, 0.29) is 12.5 Å². The van der Waals surface area contributed by atoms with E-state index in [0.29, 0.717) is 17.2 Å². The maximum Gasteiger partial charge on any atom is 0.262 e. The molecule has 0 atom stereocenters. The molecule has 4 heteroatoms. The van der Waals surface area contributed by atoms with Crippen LogP contribution in [0.4, 0.5) is 5.69 Å². The third-order valence-corrected chi connectivity index (χ3v) is 3.21. The second kappa shape index (κ2) is 7.28. The first-order chi connectivity index (χ1) is 10.6. The van der Waals surface area contributed by atoms with E-state index in [2.05, 4.69) is 19.2 Å². The second-order valence-electron chi connectivity index (χ2n) is 5.21. The molecule has 4 nitrogen and oxygen atoms in total. The fourth-order valence-electron chi connectivity index (χ4n) is 2.08. The van der Waals surface area contributed by atoms with Crippen molar-refractivity contribution >= 4 is 11.6 Å². The molecule has 0 radical (unpaired) electrons. The molecule has 0 aliphatic heterocycles. The van der Waals surface area contributed by atoms with Crippen LogP contribution in [-0.2, 0) is 4.79 Å². The molecule has 0 aromatic heterocycles. The monoisotopic (exact) mass is 294 g/mol. The maximum atomic E-state index is 12.0. The zero-order valence-electron chi connectivity index (χ0n) is 12.7. The Hall–Kier alpha value is -2.80. The lowest BCUT2D eigenvalue weighted by Crippen LogP contribution is -2.21. The SMILES string of the molecule is CC(C)c1ccccc1NC(=O)COc1ccc(C#N)cc1. The number of carbonyl (C=O) groups excluding carboxylic acids is 1. The van der Waals surface area contributed by atoms with Crippen LogP contribution in [0, 0.1) is 11.3 Å². The molecule has 0 aliphatic rings. The van der Waals surface area contributed by atoms with E-state index in [1.807, 2.05) is 30.3 Å². The molecule has 0 aliphatic carbocycles. The van der Waals surface area contributed by atoms with Crippen LogP contribution in [-0.4, -0.2) is 12.5 Å². The minimum absolute atomic E-state index is 0.0711. The molecule has 2 aromatic rings. The molecule has 1 amide bonds. The third kappa shape index (κ3) is 4.10. The lowest BCUT2D eigenvalue weighted by molar-refractivity contribution is -0.118. The summed E-state index contributed by atoms with van der Waals surface area (Å²) in [6.45, 7) is 4.09. The average Bonchev–Trinajstić information content (AvgIpc) is 2.53. The van der Waals surface area contributed by atoms with Crippen molar-refractivity contribution in [3.05, 3.63) is 59.7 Å². The van der Waals surface area contributed by atoms with Crippen LogP contribution in [0.15, 0.2) is 48.5 Å². The highest BCUT2D eigenvalue weighted by Gasteiger charge is 2.09. The van der Waals surface area contributed by atoms with Crippen molar-refractivity contribution in [1.29, 1.82) is 5.26 Å². The fourth-order valence-corrected chi connectivity index (χ4v) is 2.08. The van der Waals surface area contributed by atoms with Gasteiger partial charge in [0.1, 0.15) is 5.75 Å². The van der Waals surface area contributed by atoms with Crippen LogP contribution in [0.2, 0.25) is 0 Å². The number of anilines is 1. The summed E-state index contributed by atoms with van der Waals surface area (Å²) in [5.74, 6) is 0.680. The molecule has 0 spiro atoms. The van der Waals surface area contributed by atoms with E-state index in [4.69, 9.17) is 10.00 Å².